The summed E-state index contributed by atoms with van der Waals surface area (Å²) in [5.41, 5.74) is 0.389. The predicted octanol–water partition coefficient (Wildman–Crippen LogP) is 1.77. The summed E-state index contributed by atoms with van der Waals surface area (Å²) in [5.74, 6) is -1.10. The lowest BCUT2D eigenvalue weighted by atomic mass is 9.99. The Balaban J connectivity index is 2.74. The number of aromatic nitrogens is 2. The van der Waals surface area contributed by atoms with E-state index in [-0.39, 0.29) is 5.92 Å². The van der Waals surface area contributed by atoms with Crippen molar-refractivity contribution in [3.05, 3.63) is 18.0 Å². The SMILES string of the molecule is CC[C@H](C)[C@H](NC(=O)c1cnn(CC(C)C)c1)C(=O)O. The number of carboxylic acid groups (broad SMARTS) is 1. The lowest BCUT2D eigenvalue weighted by Gasteiger charge is -2.19. The van der Waals surface area contributed by atoms with Gasteiger partial charge in [0.25, 0.3) is 5.91 Å². The summed E-state index contributed by atoms with van der Waals surface area (Å²) < 4.78 is 1.69. The zero-order chi connectivity index (χ0) is 15.3. The van der Waals surface area contributed by atoms with E-state index in [0.717, 1.165) is 6.54 Å². The summed E-state index contributed by atoms with van der Waals surface area (Å²) >= 11 is 0. The highest BCUT2D eigenvalue weighted by atomic mass is 16.4. The number of hydrogen-bond donors (Lipinski definition) is 2. The van der Waals surface area contributed by atoms with Crippen LogP contribution in [0.3, 0.4) is 0 Å². The summed E-state index contributed by atoms with van der Waals surface area (Å²) in [6, 6.07) is -0.874. The van der Waals surface area contributed by atoms with Gasteiger partial charge in [0, 0.05) is 12.7 Å². The van der Waals surface area contributed by atoms with E-state index in [2.05, 4.69) is 24.3 Å². The highest BCUT2D eigenvalue weighted by Crippen LogP contribution is 2.09. The third kappa shape index (κ3) is 4.36. The van der Waals surface area contributed by atoms with Crippen LogP contribution in [-0.4, -0.2) is 32.8 Å². The number of carbonyl (C=O) groups excluding carboxylic acids is 1. The van der Waals surface area contributed by atoms with Crippen LogP contribution in [0.15, 0.2) is 12.4 Å². The molecule has 2 atom stereocenters. The fourth-order valence-corrected chi connectivity index (χ4v) is 1.86. The van der Waals surface area contributed by atoms with Gasteiger partial charge in [-0.25, -0.2) is 4.79 Å². The normalized spacial score (nSPS) is 14.1. The van der Waals surface area contributed by atoms with Gasteiger partial charge in [-0.15, -0.1) is 0 Å². The van der Waals surface area contributed by atoms with Gasteiger partial charge < -0.3 is 10.4 Å². The summed E-state index contributed by atoms with van der Waals surface area (Å²) in [4.78, 5) is 23.2. The third-order valence-electron chi connectivity index (χ3n) is 3.21. The molecule has 2 N–H and O–H groups in total. The minimum atomic E-state index is -1.01. The van der Waals surface area contributed by atoms with Gasteiger partial charge in [-0.1, -0.05) is 34.1 Å². The van der Waals surface area contributed by atoms with Crippen LogP contribution in [0.4, 0.5) is 0 Å². The van der Waals surface area contributed by atoms with E-state index >= 15 is 0 Å². The highest BCUT2D eigenvalue weighted by molar-refractivity contribution is 5.96. The Morgan fingerprint density at radius 3 is 2.55 bits per heavy atom. The second kappa shape index (κ2) is 7.07. The van der Waals surface area contributed by atoms with Gasteiger partial charge in [0.05, 0.1) is 11.8 Å². The van der Waals surface area contributed by atoms with Crippen molar-refractivity contribution in [2.24, 2.45) is 11.8 Å². The van der Waals surface area contributed by atoms with Crippen molar-refractivity contribution in [3.63, 3.8) is 0 Å². The van der Waals surface area contributed by atoms with Crippen LogP contribution in [0.25, 0.3) is 0 Å². The Hall–Kier alpha value is -1.85. The molecule has 112 valence electrons. The van der Waals surface area contributed by atoms with Gasteiger partial charge in [-0.2, -0.15) is 5.10 Å². The molecule has 0 aromatic carbocycles. The third-order valence-corrected chi connectivity index (χ3v) is 3.21. The Bertz CT molecular complexity index is 468. The Morgan fingerprint density at radius 1 is 1.40 bits per heavy atom. The maximum atomic E-state index is 12.1. The van der Waals surface area contributed by atoms with Crippen LogP contribution in [0.1, 0.15) is 44.5 Å². The zero-order valence-electron chi connectivity index (χ0n) is 12.5. The van der Waals surface area contributed by atoms with Crippen molar-refractivity contribution < 1.29 is 14.7 Å². The fourth-order valence-electron chi connectivity index (χ4n) is 1.86. The fraction of sp³-hybridized carbons (Fsp3) is 0.643. The van der Waals surface area contributed by atoms with Gasteiger partial charge in [-0.05, 0) is 11.8 Å². The molecule has 0 unspecified atom stereocenters. The maximum Gasteiger partial charge on any atom is 0.326 e. The van der Waals surface area contributed by atoms with E-state index in [0.29, 0.717) is 17.9 Å². The summed E-state index contributed by atoms with van der Waals surface area (Å²) in [6.45, 7) is 8.55. The molecule has 0 aliphatic heterocycles. The molecule has 0 aliphatic carbocycles. The molecule has 0 saturated carbocycles. The molecule has 0 saturated heterocycles. The van der Waals surface area contributed by atoms with E-state index < -0.39 is 17.9 Å². The van der Waals surface area contributed by atoms with Crippen molar-refractivity contribution in [3.8, 4) is 0 Å². The summed E-state index contributed by atoms with van der Waals surface area (Å²) in [7, 11) is 0. The average molecular weight is 281 g/mol. The number of hydrogen-bond acceptors (Lipinski definition) is 3. The first-order valence-electron chi connectivity index (χ1n) is 6.91. The first-order valence-corrected chi connectivity index (χ1v) is 6.91. The van der Waals surface area contributed by atoms with Crippen LogP contribution >= 0.6 is 0 Å². The van der Waals surface area contributed by atoms with Crippen LogP contribution < -0.4 is 5.32 Å². The molecule has 0 aliphatic rings. The van der Waals surface area contributed by atoms with Crippen LogP contribution in [0, 0.1) is 11.8 Å². The van der Waals surface area contributed by atoms with E-state index in [1.54, 1.807) is 17.8 Å². The lowest BCUT2D eigenvalue weighted by Crippen LogP contribution is -2.44. The molecule has 6 nitrogen and oxygen atoms in total. The standard InChI is InChI=1S/C14H23N3O3/c1-5-10(4)12(14(19)20)16-13(18)11-6-15-17(8-11)7-9(2)3/h6,8-10,12H,5,7H2,1-4H3,(H,16,18)(H,19,20)/t10-,12-/m0/s1. The number of carbonyl (C=O) groups is 2. The van der Waals surface area contributed by atoms with Gasteiger partial charge in [-0.3, -0.25) is 9.48 Å². The van der Waals surface area contributed by atoms with Gasteiger partial charge in [0.15, 0.2) is 0 Å². The van der Waals surface area contributed by atoms with E-state index in [1.165, 1.54) is 6.20 Å². The topological polar surface area (TPSA) is 84.2 Å². The molecule has 0 radical (unpaired) electrons. The first kappa shape index (κ1) is 16.2. The molecular formula is C14H23N3O3. The van der Waals surface area contributed by atoms with Crippen molar-refractivity contribution in [2.75, 3.05) is 0 Å². The van der Waals surface area contributed by atoms with Gasteiger partial charge in [0.1, 0.15) is 6.04 Å². The van der Waals surface area contributed by atoms with Gasteiger partial charge >= 0.3 is 5.97 Å². The number of aliphatic carboxylic acids is 1. The molecule has 0 bridgehead atoms. The van der Waals surface area contributed by atoms with Crippen molar-refractivity contribution in [1.82, 2.24) is 15.1 Å². The van der Waals surface area contributed by atoms with Crippen LogP contribution in [0.5, 0.6) is 0 Å². The Labute approximate surface area is 119 Å². The number of nitrogens with zero attached hydrogens (tertiary/aromatic N) is 2. The molecule has 0 fully saturated rings. The second-order valence-electron chi connectivity index (χ2n) is 5.52. The molecule has 0 spiro atoms. The van der Waals surface area contributed by atoms with Crippen LogP contribution in [-0.2, 0) is 11.3 Å². The second-order valence-corrected chi connectivity index (χ2v) is 5.52. The lowest BCUT2D eigenvalue weighted by molar-refractivity contribution is -0.140. The van der Waals surface area contributed by atoms with E-state index in [4.69, 9.17) is 5.11 Å². The highest BCUT2D eigenvalue weighted by Gasteiger charge is 2.26. The first-order chi connectivity index (χ1) is 9.35. The minimum absolute atomic E-state index is 0.123. The Morgan fingerprint density at radius 2 is 2.05 bits per heavy atom. The average Bonchev–Trinajstić information content (AvgIpc) is 2.82. The quantitative estimate of drug-likeness (QED) is 0.797. The summed E-state index contributed by atoms with van der Waals surface area (Å²) in [6.07, 6.45) is 3.79. The Kier molecular flexibility index (Phi) is 5.73. The molecule has 1 amide bonds. The number of carboxylic acids is 1. The number of rotatable bonds is 7. The molecule has 1 aromatic rings. The predicted molar refractivity (Wildman–Crippen MR) is 75.4 cm³/mol. The molecule has 20 heavy (non-hydrogen) atoms. The van der Waals surface area contributed by atoms with Crippen molar-refractivity contribution >= 4 is 11.9 Å². The summed E-state index contributed by atoms with van der Waals surface area (Å²) in [5, 5.41) is 15.8. The number of nitrogens with one attached hydrogen (secondary N) is 1. The molecule has 1 aromatic heterocycles. The smallest absolute Gasteiger partial charge is 0.326 e. The maximum absolute atomic E-state index is 12.1. The number of amides is 1. The van der Waals surface area contributed by atoms with E-state index in [1.807, 2.05) is 6.92 Å². The van der Waals surface area contributed by atoms with Crippen LogP contribution in [0.2, 0.25) is 0 Å². The molecule has 1 rings (SSSR count). The zero-order valence-corrected chi connectivity index (χ0v) is 12.5. The largest absolute Gasteiger partial charge is 0.480 e. The van der Waals surface area contributed by atoms with Gasteiger partial charge in [0.2, 0.25) is 0 Å². The molecule has 6 heteroatoms. The molecular weight excluding hydrogens is 258 g/mol. The molecule has 1 heterocycles. The monoisotopic (exact) mass is 281 g/mol. The van der Waals surface area contributed by atoms with Crippen molar-refractivity contribution in [1.29, 1.82) is 0 Å². The van der Waals surface area contributed by atoms with E-state index in [9.17, 15) is 9.59 Å². The van der Waals surface area contributed by atoms with Crippen molar-refractivity contribution in [2.45, 2.75) is 46.7 Å². The minimum Gasteiger partial charge on any atom is -0.480 e.